The van der Waals surface area contributed by atoms with Crippen LogP contribution in [-0.4, -0.2) is 22.7 Å². The Morgan fingerprint density at radius 2 is 2.05 bits per heavy atom. The van der Waals surface area contributed by atoms with E-state index in [1.165, 1.54) is 0 Å². The van der Waals surface area contributed by atoms with Gasteiger partial charge in [0.25, 0.3) is 0 Å². The van der Waals surface area contributed by atoms with Gasteiger partial charge < -0.3 is 14.8 Å². The highest BCUT2D eigenvalue weighted by atomic mass is 16.5. The zero-order valence-electron chi connectivity index (χ0n) is 13.4. The van der Waals surface area contributed by atoms with Crippen molar-refractivity contribution in [3.63, 3.8) is 0 Å². The molecule has 0 fully saturated rings. The molecule has 0 bridgehead atoms. The van der Waals surface area contributed by atoms with Crippen molar-refractivity contribution >= 4 is 16.9 Å². The molecule has 0 spiro atoms. The molecule has 4 nitrogen and oxygen atoms in total. The number of H-pyrrole nitrogens is 1. The van der Waals surface area contributed by atoms with E-state index in [0.29, 0.717) is 6.61 Å². The molecule has 0 radical (unpaired) electrons. The van der Waals surface area contributed by atoms with Crippen molar-refractivity contribution < 1.29 is 14.6 Å². The van der Waals surface area contributed by atoms with Gasteiger partial charge in [-0.15, -0.1) is 0 Å². The second-order valence-corrected chi connectivity index (χ2v) is 5.57. The van der Waals surface area contributed by atoms with E-state index in [0.717, 1.165) is 47.8 Å². The third kappa shape index (κ3) is 3.89. The summed E-state index contributed by atoms with van der Waals surface area (Å²) < 4.78 is 5.90. The predicted octanol–water partition coefficient (Wildman–Crippen LogP) is 4.45. The van der Waals surface area contributed by atoms with E-state index < -0.39 is 5.97 Å². The Hall–Kier alpha value is -1.81. The Bertz CT molecular complexity index is 618. The van der Waals surface area contributed by atoms with Gasteiger partial charge in [-0.25, -0.2) is 0 Å². The summed E-state index contributed by atoms with van der Waals surface area (Å²) in [6, 6.07) is 7.86. The highest BCUT2D eigenvalue weighted by Crippen LogP contribution is 2.32. The molecule has 1 heterocycles. The Kier molecular flexibility index (Phi) is 6.01. The first kappa shape index (κ1) is 16.6. The average Bonchev–Trinajstić information content (AvgIpc) is 2.85. The molecule has 2 N–H and O–H groups in total. The first-order valence-corrected chi connectivity index (χ1v) is 8.10. The molecule has 1 aromatic heterocycles. The van der Waals surface area contributed by atoms with Crippen LogP contribution in [0.1, 0.15) is 56.9 Å². The summed E-state index contributed by atoms with van der Waals surface area (Å²) in [6.07, 6.45) is 4.30. The lowest BCUT2D eigenvalue weighted by Crippen LogP contribution is -2.10. The van der Waals surface area contributed by atoms with Crippen molar-refractivity contribution in [2.45, 2.75) is 52.1 Å². The average molecular weight is 303 g/mol. The van der Waals surface area contributed by atoms with E-state index in [1.54, 1.807) is 0 Å². The predicted molar refractivity (Wildman–Crippen MR) is 88.1 cm³/mol. The SMILES string of the molecule is CCCCCC(OCC)c1[nH]c2ccccc2c1CC(=O)O. The molecule has 120 valence electrons. The van der Waals surface area contributed by atoms with Gasteiger partial charge in [-0.05, 0) is 25.0 Å². The van der Waals surface area contributed by atoms with E-state index in [9.17, 15) is 9.90 Å². The zero-order valence-corrected chi connectivity index (χ0v) is 13.4. The number of carboxylic acid groups (broad SMARTS) is 1. The summed E-state index contributed by atoms with van der Waals surface area (Å²) in [7, 11) is 0. The Morgan fingerprint density at radius 1 is 1.27 bits per heavy atom. The lowest BCUT2D eigenvalue weighted by molar-refractivity contribution is -0.136. The fraction of sp³-hybridized carbons (Fsp3) is 0.500. The number of hydrogen-bond donors (Lipinski definition) is 2. The molecule has 0 saturated heterocycles. The molecule has 0 aliphatic heterocycles. The second-order valence-electron chi connectivity index (χ2n) is 5.57. The molecular weight excluding hydrogens is 278 g/mol. The van der Waals surface area contributed by atoms with Crippen molar-refractivity contribution in [3.05, 3.63) is 35.5 Å². The van der Waals surface area contributed by atoms with E-state index in [-0.39, 0.29) is 12.5 Å². The maximum Gasteiger partial charge on any atom is 0.307 e. The molecule has 0 aliphatic carbocycles. The lowest BCUT2D eigenvalue weighted by Gasteiger charge is -2.17. The third-order valence-electron chi connectivity index (χ3n) is 3.93. The maximum absolute atomic E-state index is 11.2. The van der Waals surface area contributed by atoms with Gasteiger partial charge in [0.05, 0.1) is 12.5 Å². The highest BCUT2D eigenvalue weighted by molar-refractivity contribution is 5.88. The summed E-state index contributed by atoms with van der Waals surface area (Å²) in [5.74, 6) is -0.810. The van der Waals surface area contributed by atoms with Crippen LogP contribution in [0, 0.1) is 0 Å². The van der Waals surface area contributed by atoms with Crippen molar-refractivity contribution in [1.82, 2.24) is 4.98 Å². The Balaban J connectivity index is 2.38. The minimum absolute atomic E-state index is 0.0245. The molecule has 1 unspecified atom stereocenters. The molecule has 2 aromatic rings. The second kappa shape index (κ2) is 7.99. The van der Waals surface area contributed by atoms with Crippen LogP contribution in [-0.2, 0) is 16.0 Å². The normalized spacial score (nSPS) is 12.6. The summed E-state index contributed by atoms with van der Waals surface area (Å²) in [5.41, 5.74) is 2.77. The summed E-state index contributed by atoms with van der Waals surface area (Å²) in [5, 5.41) is 10.2. The van der Waals surface area contributed by atoms with Crippen LogP contribution in [0.15, 0.2) is 24.3 Å². The molecule has 4 heteroatoms. The number of unbranched alkanes of at least 4 members (excludes halogenated alkanes) is 2. The minimum atomic E-state index is -0.810. The number of carbonyl (C=O) groups is 1. The first-order chi connectivity index (χ1) is 10.7. The van der Waals surface area contributed by atoms with Crippen LogP contribution in [0.3, 0.4) is 0 Å². The molecule has 22 heavy (non-hydrogen) atoms. The number of ether oxygens (including phenoxy) is 1. The van der Waals surface area contributed by atoms with Gasteiger partial charge in [-0.1, -0.05) is 44.4 Å². The number of para-hydroxylation sites is 1. The molecule has 0 saturated carbocycles. The van der Waals surface area contributed by atoms with E-state index >= 15 is 0 Å². The summed E-state index contributed by atoms with van der Waals surface area (Å²) in [6.45, 7) is 4.78. The van der Waals surface area contributed by atoms with Crippen LogP contribution in [0.25, 0.3) is 10.9 Å². The van der Waals surface area contributed by atoms with Crippen molar-refractivity contribution in [1.29, 1.82) is 0 Å². The van der Waals surface area contributed by atoms with Crippen molar-refractivity contribution in [2.24, 2.45) is 0 Å². The van der Waals surface area contributed by atoms with Crippen molar-refractivity contribution in [3.8, 4) is 0 Å². The largest absolute Gasteiger partial charge is 0.481 e. The quantitative estimate of drug-likeness (QED) is 0.673. The summed E-state index contributed by atoms with van der Waals surface area (Å²) in [4.78, 5) is 14.6. The van der Waals surface area contributed by atoms with Gasteiger partial charge in [0.2, 0.25) is 0 Å². The minimum Gasteiger partial charge on any atom is -0.481 e. The molecule has 0 aliphatic rings. The maximum atomic E-state index is 11.2. The number of hydrogen-bond acceptors (Lipinski definition) is 2. The number of fused-ring (bicyclic) bond motifs is 1. The van der Waals surface area contributed by atoms with E-state index in [4.69, 9.17) is 4.74 Å². The zero-order chi connectivity index (χ0) is 15.9. The monoisotopic (exact) mass is 303 g/mol. The number of aromatic amines is 1. The number of carboxylic acids is 1. The molecule has 1 aromatic carbocycles. The van der Waals surface area contributed by atoms with Gasteiger partial charge >= 0.3 is 5.97 Å². The van der Waals surface area contributed by atoms with Gasteiger partial charge in [-0.3, -0.25) is 4.79 Å². The lowest BCUT2D eigenvalue weighted by atomic mass is 10.0. The molecular formula is C18H25NO3. The van der Waals surface area contributed by atoms with Gasteiger partial charge in [0.15, 0.2) is 0 Å². The first-order valence-electron chi connectivity index (χ1n) is 8.10. The standard InChI is InChI=1S/C18H25NO3/c1-3-5-6-11-16(22-4-2)18-14(12-17(20)21)13-9-7-8-10-15(13)19-18/h7-10,16,19H,3-6,11-12H2,1-2H3,(H,20,21). The Morgan fingerprint density at radius 3 is 2.73 bits per heavy atom. The smallest absolute Gasteiger partial charge is 0.307 e. The number of nitrogens with one attached hydrogen (secondary N) is 1. The number of aliphatic carboxylic acids is 1. The highest BCUT2D eigenvalue weighted by Gasteiger charge is 2.21. The fourth-order valence-electron chi connectivity index (χ4n) is 2.93. The van der Waals surface area contributed by atoms with E-state index in [1.807, 2.05) is 31.2 Å². The molecule has 1 atom stereocenters. The van der Waals surface area contributed by atoms with Crippen LogP contribution in [0.4, 0.5) is 0 Å². The Labute approximate surface area is 131 Å². The molecule has 2 rings (SSSR count). The topological polar surface area (TPSA) is 62.3 Å². The van der Waals surface area contributed by atoms with Gasteiger partial charge in [-0.2, -0.15) is 0 Å². The van der Waals surface area contributed by atoms with Crippen LogP contribution >= 0.6 is 0 Å². The van der Waals surface area contributed by atoms with Gasteiger partial charge in [0.1, 0.15) is 0 Å². The van der Waals surface area contributed by atoms with Crippen LogP contribution in [0.2, 0.25) is 0 Å². The number of rotatable bonds is 9. The molecule has 0 amide bonds. The van der Waals surface area contributed by atoms with Crippen molar-refractivity contribution in [2.75, 3.05) is 6.61 Å². The summed E-state index contributed by atoms with van der Waals surface area (Å²) >= 11 is 0. The van der Waals surface area contributed by atoms with E-state index in [2.05, 4.69) is 11.9 Å². The number of benzene rings is 1. The third-order valence-corrected chi connectivity index (χ3v) is 3.93. The van der Waals surface area contributed by atoms with Gasteiger partial charge in [0, 0.05) is 23.2 Å². The fourth-order valence-corrected chi connectivity index (χ4v) is 2.93. The number of aromatic nitrogens is 1. The van der Waals surface area contributed by atoms with Crippen LogP contribution in [0.5, 0.6) is 0 Å². The van der Waals surface area contributed by atoms with Crippen LogP contribution < -0.4 is 0 Å².